The van der Waals surface area contributed by atoms with Crippen LogP contribution < -0.4 is 0 Å². The lowest BCUT2D eigenvalue weighted by Crippen LogP contribution is -2.58. The smallest absolute Gasteiger partial charge is 0.393 e. The maximum Gasteiger partial charge on any atom is 0.397 e. The van der Waals surface area contributed by atoms with Gasteiger partial charge >= 0.3 is 10.4 Å². The van der Waals surface area contributed by atoms with E-state index in [0.717, 1.165) is 32.1 Å². The standard InChI is InChI=1S/C27H46O6S/c1-16(2)24(33-34(30,31)32)9-6-17(3)20-7-8-21-25-22(11-13-27(20,21)5)26(4)12-10-19(28)14-18(26)15-23(25)29/h16-18,20-25,29H,6-15H2,1-5H3,(H,30,31,32)/t17-,18-,20-,21?,22?,23?,24-,25?,26+,27-/m1/s1/i10D2,14D2. The molecule has 0 saturated heterocycles. The van der Waals surface area contributed by atoms with Gasteiger partial charge in [-0.2, -0.15) is 8.42 Å². The number of ketones is 1. The molecule has 4 unspecified atom stereocenters. The second kappa shape index (κ2) is 9.42. The lowest BCUT2D eigenvalue weighted by molar-refractivity contribution is -0.169. The Morgan fingerprint density at radius 1 is 1.09 bits per heavy atom. The van der Waals surface area contributed by atoms with Gasteiger partial charge in [-0.1, -0.05) is 34.6 Å². The van der Waals surface area contributed by atoms with Crippen molar-refractivity contribution in [2.45, 2.75) is 111 Å². The predicted molar refractivity (Wildman–Crippen MR) is 131 cm³/mol. The summed E-state index contributed by atoms with van der Waals surface area (Å²) in [5.74, 6) is -0.963. The molecule has 10 atom stereocenters. The van der Waals surface area contributed by atoms with Crippen molar-refractivity contribution in [2.24, 2.45) is 52.3 Å². The molecule has 4 aliphatic carbocycles. The fourth-order valence-electron chi connectivity index (χ4n) is 8.64. The largest absolute Gasteiger partial charge is 0.397 e. The fraction of sp³-hybridized carbons (Fsp3) is 0.963. The van der Waals surface area contributed by atoms with Crippen LogP contribution in [0.15, 0.2) is 0 Å². The summed E-state index contributed by atoms with van der Waals surface area (Å²) >= 11 is 0. The van der Waals surface area contributed by atoms with Gasteiger partial charge in [-0.3, -0.25) is 9.35 Å². The Balaban J connectivity index is 1.55. The molecule has 6 nitrogen and oxygen atoms in total. The molecule has 7 heteroatoms. The zero-order valence-corrected chi connectivity index (χ0v) is 22.1. The second-order valence-electron chi connectivity index (χ2n) is 12.6. The van der Waals surface area contributed by atoms with Crippen molar-refractivity contribution in [2.75, 3.05) is 0 Å². The summed E-state index contributed by atoms with van der Waals surface area (Å²) in [7, 11) is -4.52. The van der Waals surface area contributed by atoms with Crippen LogP contribution in [0.25, 0.3) is 0 Å². The summed E-state index contributed by atoms with van der Waals surface area (Å²) in [5.41, 5.74) is -0.738. The van der Waals surface area contributed by atoms with Gasteiger partial charge in [-0.25, -0.2) is 4.18 Å². The third-order valence-electron chi connectivity index (χ3n) is 10.5. The molecule has 4 aliphatic rings. The molecule has 0 bridgehead atoms. The maximum absolute atomic E-state index is 12.7. The van der Waals surface area contributed by atoms with Gasteiger partial charge in [0.2, 0.25) is 0 Å². The number of Topliss-reactive ketones (excluding diaryl/α,β-unsaturated/α-hetero) is 1. The number of hydrogen-bond acceptors (Lipinski definition) is 5. The predicted octanol–water partition coefficient (Wildman–Crippen LogP) is 5.45. The van der Waals surface area contributed by atoms with E-state index in [4.69, 9.17) is 9.67 Å². The molecule has 0 radical (unpaired) electrons. The highest BCUT2D eigenvalue weighted by Gasteiger charge is 2.62. The molecular formula is C27H46O6S. The third-order valence-corrected chi connectivity index (χ3v) is 11.0. The van der Waals surface area contributed by atoms with Gasteiger partial charge < -0.3 is 5.11 Å². The zero-order valence-electron chi connectivity index (χ0n) is 25.3. The van der Waals surface area contributed by atoms with E-state index in [1.165, 1.54) is 0 Å². The molecule has 0 amide bonds. The first-order valence-corrected chi connectivity index (χ1v) is 14.5. The van der Waals surface area contributed by atoms with Crippen LogP contribution in [0, 0.1) is 52.3 Å². The Kier molecular flexibility index (Phi) is 5.98. The van der Waals surface area contributed by atoms with E-state index in [-0.39, 0.29) is 47.8 Å². The number of carbonyl (C=O) groups is 1. The summed E-state index contributed by atoms with van der Waals surface area (Å²) < 4.78 is 70.7. The van der Waals surface area contributed by atoms with Gasteiger partial charge in [-0.15, -0.1) is 0 Å². The Morgan fingerprint density at radius 3 is 2.41 bits per heavy atom. The van der Waals surface area contributed by atoms with E-state index in [1.54, 1.807) is 0 Å². The van der Waals surface area contributed by atoms with Crippen LogP contribution in [0.2, 0.25) is 0 Å². The van der Waals surface area contributed by atoms with Crippen LogP contribution in [0.1, 0.15) is 104 Å². The highest BCUT2D eigenvalue weighted by Crippen LogP contribution is 2.68. The second-order valence-corrected chi connectivity index (χ2v) is 13.6. The maximum atomic E-state index is 12.7. The quantitative estimate of drug-likeness (QED) is 0.449. The molecular weight excluding hydrogens is 452 g/mol. The monoisotopic (exact) mass is 502 g/mol. The Labute approximate surface area is 212 Å². The molecule has 196 valence electrons. The summed E-state index contributed by atoms with van der Waals surface area (Å²) in [6.07, 6.45) is -0.772. The Morgan fingerprint density at radius 2 is 1.76 bits per heavy atom. The molecule has 0 spiro atoms. The molecule has 4 rings (SSSR count). The molecule has 4 fully saturated rings. The van der Waals surface area contributed by atoms with E-state index in [0.29, 0.717) is 12.3 Å². The number of carbonyl (C=O) groups excluding carboxylic acids is 1. The fourth-order valence-corrected chi connectivity index (χ4v) is 9.27. The Bertz CT molecular complexity index is 1030. The van der Waals surface area contributed by atoms with Crippen molar-refractivity contribution in [1.82, 2.24) is 0 Å². The third kappa shape index (κ3) is 4.76. The van der Waals surface area contributed by atoms with Crippen LogP contribution >= 0.6 is 0 Å². The zero-order chi connectivity index (χ0) is 28.6. The van der Waals surface area contributed by atoms with E-state index in [9.17, 15) is 22.9 Å². The molecule has 0 aromatic heterocycles. The van der Waals surface area contributed by atoms with Gasteiger partial charge in [0, 0.05) is 18.2 Å². The minimum Gasteiger partial charge on any atom is -0.393 e. The van der Waals surface area contributed by atoms with E-state index in [2.05, 4.69) is 13.8 Å². The van der Waals surface area contributed by atoms with Crippen molar-refractivity contribution in [3.8, 4) is 0 Å². The molecule has 0 aromatic rings. The van der Waals surface area contributed by atoms with Crippen LogP contribution in [0.3, 0.4) is 0 Å². The normalized spacial score (nSPS) is 49.0. The number of fused-ring (bicyclic) bond motifs is 5. The summed E-state index contributed by atoms with van der Waals surface area (Å²) in [4.78, 5) is 12.7. The summed E-state index contributed by atoms with van der Waals surface area (Å²) in [6, 6.07) is 0. The molecule has 0 heterocycles. The van der Waals surface area contributed by atoms with Gasteiger partial charge in [-0.05, 0) is 104 Å². The van der Waals surface area contributed by atoms with Crippen LogP contribution in [-0.4, -0.2) is 36.1 Å². The first-order chi connectivity index (χ1) is 17.3. The first kappa shape index (κ1) is 21.6. The number of hydrogen-bond donors (Lipinski definition) is 2. The molecule has 0 aliphatic heterocycles. The lowest BCUT2D eigenvalue weighted by atomic mass is 9.44. The van der Waals surface area contributed by atoms with Crippen molar-refractivity contribution >= 4 is 16.2 Å². The van der Waals surface area contributed by atoms with Crippen molar-refractivity contribution in [3.05, 3.63) is 0 Å². The van der Waals surface area contributed by atoms with Crippen LogP contribution in [0.5, 0.6) is 0 Å². The van der Waals surface area contributed by atoms with Crippen LogP contribution in [0.4, 0.5) is 0 Å². The van der Waals surface area contributed by atoms with Crippen molar-refractivity contribution in [3.63, 3.8) is 0 Å². The van der Waals surface area contributed by atoms with E-state index < -0.39 is 52.5 Å². The number of rotatable bonds is 7. The number of aliphatic hydroxyl groups excluding tert-OH is 1. The molecule has 2 N–H and O–H groups in total. The van der Waals surface area contributed by atoms with Crippen molar-refractivity contribution in [1.29, 1.82) is 0 Å². The molecule has 4 saturated carbocycles. The highest BCUT2D eigenvalue weighted by atomic mass is 32.3. The average Bonchev–Trinajstić information content (AvgIpc) is 3.13. The van der Waals surface area contributed by atoms with Gasteiger partial charge in [0.25, 0.3) is 0 Å². The topological polar surface area (TPSA) is 101 Å². The SMILES string of the molecule is [2H]C1([2H])C[C@]2(C)C3CC[C@@]4(C)C(CC[C@@H]4[C@H](C)CC[C@@H](OS(=O)(=O)O)C(C)C)C3C(O)C[C@H]2C([2H])([2H])C1=O. The highest BCUT2D eigenvalue weighted by molar-refractivity contribution is 7.80. The van der Waals surface area contributed by atoms with Crippen LogP contribution in [-0.2, 0) is 19.4 Å². The summed E-state index contributed by atoms with van der Waals surface area (Å²) in [6.45, 7) is 10.2. The van der Waals surface area contributed by atoms with Gasteiger partial charge in [0.1, 0.15) is 5.78 Å². The number of aliphatic hydroxyl groups is 1. The first-order valence-electron chi connectivity index (χ1n) is 15.1. The van der Waals surface area contributed by atoms with E-state index in [1.807, 2.05) is 20.8 Å². The Hall–Kier alpha value is -0.500. The lowest BCUT2D eigenvalue weighted by Gasteiger charge is -2.62. The van der Waals surface area contributed by atoms with Crippen molar-refractivity contribution < 1.29 is 32.5 Å². The molecule has 0 aromatic carbocycles. The van der Waals surface area contributed by atoms with E-state index >= 15 is 0 Å². The van der Waals surface area contributed by atoms with Gasteiger partial charge in [0.15, 0.2) is 0 Å². The van der Waals surface area contributed by atoms with Gasteiger partial charge in [0.05, 0.1) is 12.2 Å². The molecule has 34 heavy (non-hydrogen) atoms. The minimum atomic E-state index is -4.52. The average molecular weight is 503 g/mol. The summed E-state index contributed by atoms with van der Waals surface area (Å²) in [5, 5.41) is 11.5. The minimum absolute atomic E-state index is 0.00448.